The van der Waals surface area contributed by atoms with Crippen LogP contribution in [0.4, 0.5) is 0 Å². The van der Waals surface area contributed by atoms with E-state index < -0.39 is 16.0 Å². The molecule has 0 heterocycles. The summed E-state index contributed by atoms with van der Waals surface area (Å²) in [6, 6.07) is 15.5. The fourth-order valence-corrected chi connectivity index (χ4v) is 3.71. The summed E-state index contributed by atoms with van der Waals surface area (Å²) in [5.74, 6) is -0.845. The minimum absolute atomic E-state index is 0.0471. The van der Waals surface area contributed by atoms with E-state index in [0.29, 0.717) is 13.0 Å². The second-order valence-corrected chi connectivity index (χ2v) is 10.2. The van der Waals surface area contributed by atoms with Gasteiger partial charge in [0.2, 0.25) is 10.0 Å². The molecule has 0 saturated carbocycles. The standard InChI is InChI=1S/C22H29NO4S/c1-22(2,3)20-11-8-18(9-12-20)15-23(28(4,26)27)16-19-7-5-6-17(14-19)10-13-21(24)25/h5-9,11-12,14H,10,13,15-16H2,1-4H3,(H,24,25). The third kappa shape index (κ3) is 6.77. The van der Waals surface area contributed by atoms with E-state index in [4.69, 9.17) is 5.11 Å². The van der Waals surface area contributed by atoms with Crippen LogP contribution in [0.2, 0.25) is 0 Å². The first-order valence-corrected chi connectivity index (χ1v) is 11.1. The van der Waals surface area contributed by atoms with Crippen molar-refractivity contribution in [1.82, 2.24) is 4.31 Å². The molecule has 0 spiro atoms. The van der Waals surface area contributed by atoms with Crippen LogP contribution in [-0.2, 0) is 39.7 Å². The summed E-state index contributed by atoms with van der Waals surface area (Å²) in [5.41, 5.74) is 3.92. The van der Waals surface area contributed by atoms with Gasteiger partial charge in [0, 0.05) is 19.5 Å². The van der Waals surface area contributed by atoms with Gasteiger partial charge in [0.15, 0.2) is 0 Å². The molecule has 0 fully saturated rings. The van der Waals surface area contributed by atoms with Crippen LogP contribution in [0.3, 0.4) is 0 Å². The highest BCUT2D eigenvalue weighted by molar-refractivity contribution is 7.88. The average molecular weight is 404 g/mol. The number of aliphatic carboxylic acids is 1. The first-order chi connectivity index (χ1) is 12.9. The minimum atomic E-state index is -3.40. The van der Waals surface area contributed by atoms with Crippen LogP contribution >= 0.6 is 0 Å². The zero-order valence-electron chi connectivity index (χ0n) is 17.0. The molecule has 1 N–H and O–H groups in total. The molecule has 5 nitrogen and oxygen atoms in total. The van der Waals surface area contributed by atoms with E-state index in [1.165, 1.54) is 16.1 Å². The van der Waals surface area contributed by atoms with Crippen LogP contribution < -0.4 is 0 Å². The number of carbonyl (C=O) groups is 1. The maximum atomic E-state index is 12.3. The van der Waals surface area contributed by atoms with E-state index in [9.17, 15) is 13.2 Å². The number of benzene rings is 2. The lowest BCUT2D eigenvalue weighted by Crippen LogP contribution is -2.29. The number of hydrogen-bond acceptors (Lipinski definition) is 3. The molecule has 28 heavy (non-hydrogen) atoms. The molecular formula is C22H29NO4S. The first kappa shape index (κ1) is 22.1. The SMILES string of the molecule is CC(C)(C)c1ccc(CN(Cc2cccc(CCC(=O)O)c2)S(C)(=O)=O)cc1. The molecule has 0 aromatic heterocycles. The first-order valence-electron chi connectivity index (χ1n) is 9.29. The Kier molecular flexibility index (Phi) is 7.01. The predicted molar refractivity (Wildman–Crippen MR) is 112 cm³/mol. The smallest absolute Gasteiger partial charge is 0.303 e. The summed E-state index contributed by atoms with van der Waals surface area (Å²) in [6.45, 7) is 6.97. The number of nitrogens with zero attached hydrogens (tertiary/aromatic N) is 1. The monoisotopic (exact) mass is 403 g/mol. The quantitative estimate of drug-likeness (QED) is 0.724. The van der Waals surface area contributed by atoms with Crippen LogP contribution in [0.1, 0.15) is 49.4 Å². The zero-order valence-corrected chi connectivity index (χ0v) is 17.8. The Morgan fingerprint density at radius 2 is 1.54 bits per heavy atom. The Hall–Kier alpha value is -2.18. The molecule has 0 saturated heterocycles. The molecule has 0 unspecified atom stereocenters. The number of carboxylic acids is 1. The lowest BCUT2D eigenvalue weighted by Gasteiger charge is -2.22. The van der Waals surface area contributed by atoms with Crippen molar-refractivity contribution in [2.75, 3.05) is 6.26 Å². The van der Waals surface area contributed by atoms with Gasteiger partial charge in [-0.2, -0.15) is 4.31 Å². The highest BCUT2D eigenvalue weighted by atomic mass is 32.2. The molecule has 6 heteroatoms. The Bertz CT molecular complexity index is 912. The summed E-state index contributed by atoms with van der Waals surface area (Å²) in [6.07, 6.45) is 1.69. The molecule has 152 valence electrons. The molecule has 0 amide bonds. The number of rotatable bonds is 8. The van der Waals surface area contributed by atoms with E-state index in [1.807, 2.05) is 48.5 Å². The molecule has 0 aliphatic carbocycles. The van der Waals surface area contributed by atoms with Crippen molar-refractivity contribution in [2.24, 2.45) is 0 Å². The summed E-state index contributed by atoms with van der Waals surface area (Å²) < 4.78 is 26.1. The van der Waals surface area contributed by atoms with Crippen molar-refractivity contribution < 1.29 is 18.3 Å². The molecule has 2 rings (SSSR count). The minimum Gasteiger partial charge on any atom is -0.481 e. The van der Waals surface area contributed by atoms with Crippen molar-refractivity contribution in [3.8, 4) is 0 Å². The Balaban J connectivity index is 2.17. The molecule has 0 aliphatic heterocycles. The van der Waals surface area contributed by atoms with E-state index >= 15 is 0 Å². The Morgan fingerprint density at radius 1 is 0.964 bits per heavy atom. The van der Waals surface area contributed by atoms with Crippen LogP contribution in [-0.4, -0.2) is 30.1 Å². The van der Waals surface area contributed by atoms with Gasteiger partial charge in [-0.1, -0.05) is 69.3 Å². The van der Waals surface area contributed by atoms with Gasteiger partial charge in [-0.3, -0.25) is 4.79 Å². The predicted octanol–water partition coefficient (Wildman–Crippen LogP) is 3.96. The third-order valence-electron chi connectivity index (χ3n) is 4.63. The molecule has 0 atom stereocenters. The summed E-state index contributed by atoms with van der Waals surface area (Å²) in [7, 11) is -3.40. The molecule has 2 aromatic carbocycles. The van der Waals surface area contributed by atoms with Crippen molar-refractivity contribution in [3.05, 3.63) is 70.8 Å². The number of carboxylic acid groups (broad SMARTS) is 1. The van der Waals surface area contributed by atoms with E-state index in [2.05, 4.69) is 20.8 Å². The molecule has 0 bridgehead atoms. The number of sulfonamides is 1. The fourth-order valence-electron chi connectivity index (χ4n) is 2.94. The van der Waals surface area contributed by atoms with Gasteiger partial charge >= 0.3 is 5.97 Å². The molecule has 0 radical (unpaired) electrons. The van der Waals surface area contributed by atoms with Crippen molar-refractivity contribution in [2.45, 2.75) is 52.1 Å². The highest BCUT2D eigenvalue weighted by Gasteiger charge is 2.19. The second-order valence-electron chi connectivity index (χ2n) is 8.19. The van der Waals surface area contributed by atoms with Crippen molar-refractivity contribution in [3.63, 3.8) is 0 Å². The van der Waals surface area contributed by atoms with Gasteiger partial charge in [-0.25, -0.2) is 8.42 Å². The normalized spacial score (nSPS) is 12.3. The Morgan fingerprint density at radius 3 is 2.07 bits per heavy atom. The zero-order chi connectivity index (χ0) is 20.9. The van der Waals surface area contributed by atoms with Crippen LogP contribution in [0.25, 0.3) is 0 Å². The Labute approximate surface area is 168 Å². The van der Waals surface area contributed by atoms with E-state index in [0.717, 1.165) is 16.7 Å². The van der Waals surface area contributed by atoms with Crippen molar-refractivity contribution in [1.29, 1.82) is 0 Å². The molecule has 0 aliphatic rings. The van der Waals surface area contributed by atoms with Crippen LogP contribution in [0, 0.1) is 0 Å². The van der Waals surface area contributed by atoms with Gasteiger partial charge in [0.05, 0.1) is 6.26 Å². The second kappa shape index (κ2) is 8.88. The topological polar surface area (TPSA) is 74.7 Å². The maximum Gasteiger partial charge on any atom is 0.303 e. The van der Waals surface area contributed by atoms with Gasteiger partial charge in [0.25, 0.3) is 0 Å². The van der Waals surface area contributed by atoms with Crippen LogP contribution in [0.15, 0.2) is 48.5 Å². The third-order valence-corrected chi connectivity index (χ3v) is 5.82. The van der Waals surface area contributed by atoms with Crippen molar-refractivity contribution >= 4 is 16.0 Å². The van der Waals surface area contributed by atoms with E-state index in [-0.39, 0.29) is 18.4 Å². The van der Waals surface area contributed by atoms with Gasteiger partial charge in [0.1, 0.15) is 0 Å². The highest BCUT2D eigenvalue weighted by Crippen LogP contribution is 2.23. The molecule has 2 aromatic rings. The van der Waals surface area contributed by atoms with E-state index in [1.54, 1.807) is 0 Å². The summed E-state index contributed by atoms with van der Waals surface area (Å²) in [5, 5.41) is 8.84. The lowest BCUT2D eigenvalue weighted by atomic mass is 9.87. The average Bonchev–Trinajstić information content (AvgIpc) is 2.59. The number of aryl methyl sites for hydroxylation is 1. The van der Waals surface area contributed by atoms with Gasteiger partial charge in [-0.05, 0) is 34.1 Å². The lowest BCUT2D eigenvalue weighted by molar-refractivity contribution is -0.136. The number of hydrogen-bond donors (Lipinski definition) is 1. The summed E-state index contributed by atoms with van der Waals surface area (Å²) in [4.78, 5) is 10.8. The van der Waals surface area contributed by atoms with Gasteiger partial charge in [-0.15, -0.1) is 0 Å². The fraction of sp³-hybridized carbons (Fsp3) is 0.409. The molecular weight excluding hydrogens is 374 g/mol. The van der Waals surface area contributed by atoms with Gasteiger partial charge < -0.3 is 5.11 Å². The largest absolute Gasteiger partial charge is 0.481 e. The summed E-state index contributed by atoms with van der Waals surface area (Å²) >= 11 is 0. The maximum absolute atomic E-state index is 12.3. The van der Waals surface area contributed by atoms with Crippen LogP contribution in [0.5, 0.6) is 0 Å².